The molecule has 2 aromatic carbocycles. The Morgan fingerprint density at radius 3 is 2.65 bits per heavy atom. The van der Waals surface area contributed by atoms with E-state index in [-0.39, 0.29) is 10.7 Å². The summed E-state index contributed by atoms with van der Waals surface area (Å²) in [5, 5.41) is 10.9. The van der Waals surface area contributed by atoms with Crippen LogP contribution in [0.5, 0.6) is 0 Å². The summed E-state index contributed by atoms with van der Waals surface area (Å²) in [4.78, 5) is 14.7. The molecule has 2 aromatic rings. The lowest BCUT2D eigenvalue weighted by molar-refractivity contribution is -0.384. The summed E-state index contributed by atoms with van der Waals surface area (Å²) in [5.74, 6) is 0. The van der Waals surface area contributed by atoms with Crippen LogP contribution in [0.15, 0.2) is 41.4 Å². The van der Waals surface area contributed by atoms with Gasteiger partial charge < -0.3 is 0 Å². The molecule has 0 aliphatic rings. The second kappa shape index (κ2) is 5.84. The first-order valence-corrected chi connectivity index (χ1v) is 6.40. The van der Waals surface area contributed by atoms with E-state index < -0.39 is 4.92 Å². The van der Waals surface area contributed by atoms with Crippen LogP contribution in [0.25, 0.3) is 0 Å². The van der Waals surface area contributed by atoms with Gasteiger partial charge in [0.2, 0.25) is 0 Å². The Kier molecular flexibility index (Phi) is 4.15. The van der Waals surface area contributed by atoms with Crippen molar-refractivity contribution in [1.29, 1.82) is 0 Å². The van der Waals surface area contributed by atoms with Gasteiger partial charge in [0.15, 0.2) is 0 Å². The Morgan fingerprint density at radius 1 is 1.20 bits per heavy atom. The molecule has 0 fully saturated rings. The van der Waals surface area contributed by atoms with Crippen molar-refractivity contribution in [2.24, 2.45) is 4.99 Å². The second-order valence-electron chi connectivity index (χ2n) is 4.52. The molecule has 0 N–H and O–H groups in total. The second-order valence-corrected chi connectivity index (χ2v) is 4.92. The molecule has 4 nitrogen and oxygen atoms in total. The summed E-state index contributed by atoms with van der Waals surface area (Å²) in [5.41, 5.74) is 3.54. The summed E-state index contributed by atoms with van der Waals surface area (Å²) in [6.07, 6.45) is 1.60. The van der Waals surface area contributed by atoms with Crippen LogP contribution in [-0.2, 0) is 0 Å². The molecule has 2 rings (SSSR count). The molecule has 0 spiro atoms. The van der Waals surface area contributed by atoms with Crippen molar-refractivity contribution in [3.05, 3.63) is 68.2 Å². The highest BCUT2D eigenvalue weighted by Gasteiger charge is 2.11. The number of nitro groups is 1. The van der Waals surface area contributed by atoms with Crippen LogP contribution in [0.1, 0.15) is 16.7 Å². The highest BCUT2D eigenvalue weighted by Crippen LogP contribution is 2.25. The molecular formula is C15H13ClN2O2. The van der Waals surface area contributed by atoms with E-state index in [1.54, 1.807) is 12.3 Å². The van der Waals surface area contributed by atoms with Gasteiger partial charge in [0.1, 0.15) is 5.02 Å². The van der Waals surface area contributed by atoms with Crippen LogP contribution in [0.2, 0.25) is 5.02 Å². The lowest BCUT2D eigenvalue weighted by Crippen LogP contribution is -1.91. The molecule has 0 aliphatic heterocycles. The average molecular weight is 289 g/mol. The fourth-order valence-electron chi connectivity index (χ4n) is 1.75. The highest BCUT2D eigenvalue weighted by atomic mass is 35.5. The number of halogens is 1. The normalized spacial score (nSPS) is 10.9. The maximum absolute atomic E-state index is 10.8. The number of rotatable bonds is 3. The van der Waals surface area contributed by atoms with Crippen LogP contribution in [-0.4, -0.2) is 11.1 Å². The van der Waals surface area contributed by atoms with E-state index in [1.807, 2.05) is 32.0 Å². The van der Waals surface area contributed by atoms with Gasteiger partial charge in [-0.05, 0) is 42.7 Å². The SMILES string of the molecule is Cc1ccc(C)c(N=Cc2ccc(Cl)c([N+](=O)[O-])c2)c1. The zero-order valence-corrected chi connectivity index (χ0v) is 11.9. The van der Waals surface area contributed by atoms with Gasteiger partial charge in [-0.3, -0.25) is 15.1 Å². The number of benzene rings is 2. The minimum absolute atomic E-state index is 0.114. The first kappa shape index (κ1) is 14.2. The quantitative estimate of drug-likeness (QED) is 0.470. The van der Waals surface area contributed by atoms with E-state index in [1.165, 1.54) is 12.1 Å². The lowest BCUT2D eigenvalue weighted by atomic mass is 10.1. The third-order valence-electron chi connectivity index (χ3n) is 2.88. The molecule has 102 valence electrons. The molecule has 0 unspecified atom stereocenters. The van der Waals surface area contributed by atoms with Crippen LogP contribution >= 0.6 is 11.6 Å². The molecule has 0 bridgehead atoms. The Labute approximate surface area is 121 Å². The number of nitrogens with zero attached hydrogens (tertiary/aromatic N) is 2. The van der Waals surface area contributed by atoms with Crippen molar-refractivity contribution in [2.75, 3.05) is 0 Å². The largest absolute Gasteiger partial charge is 0.288 e. The number of hydrogen-bond donors (Lipinski definition) is 0. The van der Waals surface area contributed by atoms with E-state index in [0.29, 0.717) is 5.56 Å². The molecule has 20 heavy (non-hydrogen) atoms. The van der Waals surface area contributed by atoms with Crippen LogP contribution in [0.3, 0.4) is 0 Å². The predicted octanol–water partition coefficient (Wildman–Crippen LogP) is 4.62. The molecule has 0 atom stereocenters. The number of hydrogen-bond acceptors (Lipinski definition) is 3. The van der Waals surface area contributed by atoms with Crippen LogP contribution in [0, 0.1) is 24.0 Å². The van der Waals surface area contributed by atoms with Gasteiger partial charge in [-0.15, -0.1) is 0 Å². The van der Waals surface area contributed by atoms with Gasteiger partial charge in [0.05, 0.1) is 10.6 Å². The molecule has 0 saturated carbocycles. The number of aryl methyl sites for hydroxylation is 2. The van der Waals surface area contributed by atoms with E-state index in [4.69, 9.17) is 11.6 Å². The minimum atomic E-state index is -0.502. The fourth-order valence-corrected chi connectivity index (χ4v) is 1.94. The first-order valence-electron chi connectivity index (χ1n) is 6.02. The Balaban J connectivity index is 2.34. The van der Waals surface area contributed by atoms with E-state index in [2.05, 4.69) is 4.99 Å². The molecule has 0 saturated heterocycles. The maximum Gasteiger partial charge on any atom is 0.288 e. The van der Waals surface area contributed by atoms with Gasteiger partial charge in [-0.2, -0.15) is 0 Å². The minimum Gasteiger partial charge on any atom is -0.258 e. The van der Waals surface area contributed by atoms with Gasteiger partial charge in [-0.1, -0.05) is 29.8 Å². The van der Waals surface area contributed by atoms with Crippen molar-refractivity contribution >= 4 is 29.2 Å². The Bertz CT molecular complexity index is 696. The summed E-state index contributed by atoms with van der Waals surface area (Å²) >= 11 is 5.77. The standard InChI is InChI=1S/C15H13ClN2O2/c1-10-3-4-11(2)14(7-10)17-9-12-5-6-13(16)15(8-12)18(19)20/h3-9H,1-2H3. The topological polar surface area (TPSA) is 55.5 Å². The lowest BCUT2D eigenvalue weighted by Gasteiger charge is -2.01. The van der Waals surface area contributed by atoms with Crippen molar-refractivity contribution in [3.63, 3.8) is 0 Å². The van der Waals surface area contributed by atoms with E-state index in [9.17, 15) is 10.1 Å². The molecule has 5 heteroatoms. The smallest absolute Gasteiger partial charge is 0.258 e. The summed E-state index contributed by atoms with van der Waals surface area (Å²) < 4.78 is 0. The summed E-state index contributed by atoms with van der Waals surface area (Å²) in [6.45, 7) is 3.96. The molecule has 0 radical (unpaired) electrons. The summed E-state index contributed by atoms with van der Waals surface area (Å²) in [6, 6.07) is 10.6. The third kappa shape index (κ3) is 3.22. The monoisotopic (exact) mass is 288 g/mol. The van der Waals surface area contributed by atoms with Gasteiger partial charge in [0, 0.05) is 12.3 Å². The van der Waals surface area contributed by atoms with Crippen molar-refractivity contribution in [2.45, 2.75) is 13.8 Å². The number of nitro benzene ring substituents is 1. The van der Waals surface area contributed by atoms with Crippen LogP contribution in [0.4, 0.5) is 11.4 Å². The fraction of sp³-hybridized carbons (Fsp3) is 0.133. The molecule has 0 aromatic heterocycles. The van der Waals surface area contributed by atoms with Gasteiger partial charge >= 0.3 is 0 Å². The number of aliphatic imine (C=N–C) groups is 1. The maximum atomic E-state index is 10.8. The van der Waals surface area contributed by atoms with Crippen molar-refractivity contribution in [3.8, 4) is 0 Å². The predicted molar refractivity (Wildman–Crippen MR) is 81.3 cm³/mol. The van der Waals surface area contributed by atoms with E-state index in [0.717, 1.165) is 16.8 Å². The third-order valence-corrected chi connectivity index (χ3v) is 3.20. The van der Waals surface area contributed by atoms with Crippen LogP contribution < -0.4 is 0 Å². The molecule has 0 heterocycles. The first-order chi connectivity index (χ1) is 9.47. The Morgan fingerprint density at radius 2 is 1.95 bits per heavy atom. The zero-order chi connectivity index (χ0) is 14.7. The van der Waals surface area contributed by atoms with Gasteiger partial charge in [-0.25, -0.2) is 0 Å². The zero-order valence-electron chi connectivity index (χ0n) is 11.1. The average Bonchev–Trinajstić information content (AvgIpc) is 2.41. The Hall–Kier alpha value is -2.20. The van der Waals surface area contributed by atoms with Crippen molar-refractivity contribution in [1.82, 2.24) is 0 Å². The molecular weight excluding hydrogens is 276 g/mol. The summed E-state index contributed by atoms with van der Waals surface area (Å²) in [7, 11) is 0. The van der Waals surface area contributed by atoms with Gasteiger partial charge in [0.25, 0.3) is 5.69 Å². The highest BCUT2D eigenvalue weighted by molar-refractivity contribution is 6.32. The van der Waals surface area contributed by atoms with Crippen molar-refractivity contribution < 1.29 is 4.92 Å². The molecule has 0 amide bonds. The van der Waals surface area contributed by atoms with E-state index >= 15 is 0 Å². The molecule has 0 aliphatic carbocycles.